The highest BCUT2D eigenvalue weighted by Gasteiger charge is 1.96. The first-order valence-electron chi connectivity index (χ1n) is 4.23. The lowest BCUT2D eigenvalue weighted by Crippen LogP contribution is -1.94. The Morgan fingerprint density at radius 3 is 2.64 bits per heavy atom. The molecule has 4 heteroatoms. The molecule has 0 unspecified atom stereocenters. The zero-order valence-corrected chi connectivity index (χ0v) is 7.46. The van der Waals surface area contributed by atoms with Crippen LogP contribution in [-0.2, 0) is 6.42 Å². The van der Waals surface area contributed by atoms with Gasteiger partial charge in [0.15, 0.2) is 0 Å². The largest absolute Gasteiger partial charge is 0.221 e. The van der Waals surface area contributed by atoms with Gasteiger partial charge in [0.2, 0.25) is 0 Å². The molecule has 1 heterocycles. The maximum absolute atomic E-state index is 8.50. The fourth-order valence-corrected chi connectivity index (χ4v) is 1.20. The molecule has 0 atom stereocenters. The van der Waals surface area contributed by atoms with Gasteiger partial charge >= 0.3 is 0 Å². The van der Waals surface area contributed by atoms with Crippen LogP contribution in [0.4, 0.5) is 0 Å². The van der Waals surface area contributed by atoms with Crippen molar-refractivity contribution in [3.8, 4) is 11.8 Å². The Labute approximate surface area is 81.4 Å². The van der Waals surface area contributed by atoms with E-state index in [9.17, 15) is 0 Å². The summed E-state index contributed by atoms with van der Waals surface area (Å²) < 4.78 is 1.68. The molecule has 0 amide bonds. The molecule has 0 aliphatic heterocycles. The van der Waals surface area contributed by atoms with Crippen molar-refractivity contribution in [3.63, 3.8) is 0 Å². The zero-order valence-electron chi connectivity index (χ0n) is 7.46. The van der Waals surface area contributed by atoms with Crippen molar-refractivity contribution in [2.75, 3.05) is 0 Å². The number of rotatable bonds is 2. The lowest BCUT2D eigenvalue weighted by atomic mass is 10.1. The maximum atomic E-state index is 8.50. The van der Waals surface area contributed by atoms with Gasteiger partial charge in [-0.1, -0.05) is 17.3 Å². The van der Waals surface area contributed by atoms with Gasteiger partial charge in [-0.3, -0.25) is 0 Å². The summed E-state index contributed by atoms with van der Waals surface area (Å²) in [7, 11) is 0. The van der Waals surface area contributed by atoms with E-state index in [0.717, 1.165) is 11.3 Å². The third-order valence-corrected chi connectivity index (χ3v) is 1.91. The highest BCUT2D eigenvalue weighted by Crippen LogP contribution is 2.07. The van der Waals surface area contributed by atoms with Crippen LogP contribution in [0.2, 0.25) is 0 Å². The normalized spacial score (nSPS) is 9.64. The standard InChI is InChI=1S/C10H8N4/c11-6-5-9-1-3-10(4-2-9)14-8-7-12-13-14/h1-4,7-8H,5H2. The summed E-state index contributed by atoms with van der Waals surface area (Å²) in [5.41, 5.74) is 1.96. The van der Waals surface area contributed by atoms with Crippen molar-refractivity contribution < 1.29 is 0 Å². The van der Waals surface area contributed by atoms with Crippen LogP contribution in [0.1, 0.15) is 5.56 Å². The lowest BCUT2D eigenvalue weighted by Gasteiger charge is -2.00. The molecule has 1 aromatic carbocycles. The highest BCUT2D eigenvalue weighted by atomic mass is 15.4. The average molecular weight is 184 g/mol. The molecule has 0 saturated heterocycles. The summed E-state index contributed by atoms with van der Waals surface area (Å²) in [5.74, 6) is 0. The first-order chi connectivity index (χ1) is 6.90. The van der Waals surface area contributed by atoms with Crippen molar-refractivity contribution >= 4 is 0 Å². The molecule has 0 spiro atoms. The first kappa shape index (κ1) is 8.45. The molecule has 0 aliphatic rings. The van der Waals surface area contributed by atoms with Crippen molar-refractivity contribution in [2.45, 2.75) is 6.42 Å². The second-order valence-corrected chi connectivity index (χ2v) is 2.85. The number of hydrogen-bond acceptors (Lipinski definition) is 3. The molecule has 68 valence electrons. The van der Waals surface area contributed by atoms with Gasteiger partial charge in [0.25, 0.3) is 0 Å². The van der Waals surface area contributed by atoms with E-state index in [1.54, 1.807) is 17.1 Å². The van der Waals surface area contributed by atoms with E-state index in [4.69, 9.17) is 5.26 Å². The van der Waals surface area contributed by atoms with E-state index in [-0.39, 0.29) is 0 Å². The number of nitriles is 1. The molecule has 0 saturated carbocycles. The Morgan fingerprint density at radius 1 is 1.29 bits per heavy atom. The summed E-state index contributed by atoms with van der Waals surface area (Å²) in [6.07, 6.45) is 3.85. The van der Waals surface area contributed by atoms with E-state index in [1.807, 2.05) is 24.3 Å². The molecule has 0 fully saturated rings. The summed E-state index contributed by atoms with van der Waals surface area (Å²) >= 11 is 0. The number of benzene rings is 1. The second-order valence-electron chi connectivity index (χ2n) is 2.85. The monoisotopic (exact) mass is 184 g/mol. The Morgan fingerprint density at radius 2 is 2.07 bits per heavy atom. The third kappa shape index (κ3) is 1.62. The summed E-state index contributed by atoms with van der Waals surface area (Å²) in [6, 6.07) is 9.77. The molecule has 1 aromatic heterocycles. The van der Waals surface area contributed by atoms with Crippen molar-refractivity contribution in [1.29, 1.82) is 5.26 Å². The van der Waals surface area contributed by atoms with Crippen LogP contribution in [0.3, 0.4) is 0 Å². The predicted molar refractivity (Wildman–Crippen MR) is 50.7 cm³/mol. The maximum Gasteiger partial charge on any atom is 0.0697 e. The Balaban J connectivity index is 2.27. The van der Waals surface area contributed by atoms with Gasteiger partial charge < -0.3 is 0 Å². The highest BCUT2D eigenvalue weighted by molar-refractivity contribution is 5.34. The molecule has 0 radical (unpaired) electrons. The van der Waals surface area contributed by atoms with Crippen LogP contribution in [0, 0.1) is 11.3 Å². The van der Waals surface area contributed by atoms with Crippen LogP contribution < -0.4 is 0 Å². The number of nitrogens with zero attached hydrogens (tertiary/aromatic N) is 4. The zero-order chi connectivity index (χ0) is 9.80. The molecular formula is C10H8N4. The van der Waals surface area contributed by atoms with Crippen LogP contribution in [0.25, 0.3) is 5.69 Å². The van der Waals surface area contributed by atoms with Crippen molar-refractivity contribution in [1.82, 2.24) is 15.0 Å². The lowest BCUT2D eigenvalue weighted by molar-refractivity contribution is 0.803. The molecular weight excluding hydrogens is 176 g/mol. The van der Waals surface area contributed by atoms with E-state index in [1.165, 1.54) is 0 Å². The second kappa shape index (κ2) is 3.71. The molecule has 4 nitrogen and oxygen atoms in total. The molecule has 2 rings (SSSR count). The van der Waals surface area contributed by atoms with Crippen molar-refractivity contribution in [2.24, 2.45) is 0 Å². The van der Waals surface area contributed by atoms with Crippen LogP contribution in [-0.4, -0.2) is 15.0 Å². The van der Waals surface area contributed by atoms with Gasteiger partial charge in [-0.05, 0) is 17.7 Å². The van der Waals surface area contributed by atoms with Crippen LogP contribution >= 0.6 is 0 Å². The minimum atomic E-state index is 0.442. The molecule has 0 N–H and O–H groups in total. The van der Waals surface area contributed by atoms with E-state index >= 15 is 0 Å². The minimum Gasteiger partial charge on any atom is -0.221 e. The van der Waals surface area contributed by atoms with Gasteiger partial charge in [-0.15, -0.1) is 5.10 Å². The average Bonchev–Trinajstić information content (AvgIpc) is 2.72. The van der Waals surface area contributed by atoms with Gasteiger partial charge in [-0.2, -0.15) is 5.26 Å². The van der Waals surface area contributed by atoms with E-state index in [2.05, 4.69) is 16.4 Å². The molecule has 2 aromatic rings. The Kier molecular flexibility index (Phi) is 2.24. The summed E-state index contributed by atoms with van der Waals surface area (Å²) in [4.78, 5) is 0. The van der Waals surface area contributed by atoms with Gasteiger partial charge in [0.05, 0.1) is 30.6 Å². The fraction of sp³-hybridized carbons (Fsp3) is 0.100. The molecule has 0 aliphatic carbocycles. The minimum absolute atomic E-state index is 0.442. The van der Waals surface area contributed by atoms with Crippen molar-refractivity contribution in [3.05, 3.63) is 42.2 Å². The van der Waals surface area contributed by atoms with Crippen LogP contribution in [0.5, 0.6) is 0 Å². The molecule has 0 bridgehead atoms. The predicted octanol–water partition coefficient (Wildman–Crippen LogP) is 1.33. The molecule has 14 heavy (non-hydrogen) atoms. The van der Waals surface area contributed by atoms with Gasteiger partial charge in [0, 0.05) is 0 Å². The number of aromatic nitrogens is 3. The summed E-state index contributed by atoms with van der Waals surface area (Å²) in [5, 5.41) is 16.1. The summed E-state index contributed by atoms with van der Waals surface area (Å²) in [6.45, 7) is 0. The van der Waals surface area contributed by atoms with Gasteiger partial charge in [0.1, 0.15) is 0 Å². The van der Waals surface area contributed by atoms with Gasteiger partial charge in [-0.25, -0.2) is 4.68 Å². The van der Waals surface area contributed by atoms with E-state index in [0.29, 0.717) is 6.42 Å². The SMILES string of the molecule is N#CCc1ccc(-n2ccnn2)cc1. The third-order valence-electron chi connectivity index (χ3n) is 1.91. The van der Waals surface area contributed by atoms with E-state index < -0.39 is 0 Å². The topological polar surface area (TPSA) is 54.5 Å². The quantitative estimate of drug-likeness (QED) is 0.707. The smallest absolute Gasteiger partial charge is 0.0697 e. The Hall–Kier alpha value is -2.15. The fourth-order valence-electron chi connectivity index (χ4n) is 1.20. The first-order valence-corrected chi connectivity index (χ1v) is 4.23. The number of hydrogen-bond donors (Lipinski definition) is 0. The Bertz CT molecular complexity index is 436. The van der Waals surface area contributed by atoms with Crippen LogP contribution in [0.15, 0.2) is 36.7 Å².